The summed E-state index contributed by atoms with van der Waals surface area (Å²) in [5.74, 6) is 1.56. The lowest BCUT2D eigenvalue weighted by molar-refractivity contribution is 0.180. The number of nitrogens with one attached hydrogen (secondary N) is 1. The first kappa shape index (κ1) is 16.2. The van der Waals surface area contributed by atoms with Gasteiger partial charge in [0, 0.05) is 16.5 Å². The topological polar surface area (TPSA) is 37.9 Å². The highest BCUT2D eigenvalue weighted by atomic mass is 79.9. The molecular weight excluding hydrogens is 424 g/mol. The van der Waals surface area contributed by atoms with Gasteiger partial charge < -0.3 is 9.72 Å². The van der Waals surface area contributed by atoms with Crippen molar-refractivity contribution in [1.29, 1.82) is 0 Å². The minimum Gasteiger partial charge on any atom is -0.378 e. The number of aromatic nitrogens is 2. The lowest BCUT2D eigenvalue weighted by Gasteiger charge is -2.08. The number of rotatable bonds is 5. The van der Waals surface area contributed by atoms with Crippen LogP contribution in [0.4, 0.5) is 0 Å². The summed E-state index contributed by atoms with van der Waals surface area (Å²) in [7, 11) is 1.65. The highest BCUT2D eigenvalue weighted by Gasteiger charge is 2.07. The Labute approximate surface area is 143 Å². The van der Waals surface area contributed by atoms with Crippen molar-refractivity contribution in [2.24, 2.45) is 0 Å². The maximum Gasteiger partial charge on any atom is 0.144 e. The van der Waals surface area contributed by atoms with Gasteiger partial charge in [-0.15, -0.1) is 11.8 Å². The quantitative estimate of drug-likeness (QED) is 0.523. The van der Waals surface area contributed by atoms with E-state index in [2.05, 4.69) is 47.9 Å². The van der Waals surface area contributed by atoms with Crippen molar-refractivity contribution >= 4 is 55.8 Å². The third-order valence-corrected chi connectivity index (χ3v) is 5.92. The van der Waals surface area contributed by atoms with E-state index in [-0.39, 0.29) is 0 Å². The molecule has 0 radical (unpaired) electrons. The number of methoxy groups -OCH3 is 1. The molecule has 2 aromatic rings. The van der Waals surface area contributed by atoms with E-state index in [9.17, 15) is 0 Å². The summed E-state index contributed by atoms with van der Waals surface area (Å²) >= 11 is 13.9. The van der Waals surface area contributed by atoms with Gasteiger partial charge >= 0.3 is 0 Å². The lowest BCUT2D eigenvalue weighted by atomic mass is 10.4. The monoisotopic (exact) mass is 434 g/mol. The second-order valence-corrected chi connectivity index (χ2v) is 6.98. The van der Waals surface area contributed by atoms with Crippen LogP contribution in [0.2, 0.25) is 0 Å². The molecule has 1 aromatic carbocycles. The summed E-state index contributed by atoms with van der Waals surface area (Å²) in [6.45, 7) is 0.472. The van der Waals surface area contributed by atoms with Gasteiger partial charge in [-0.2, -0.15) is 0 Å². The molecule has 0 amide bonds. The highest BCUT2D eigenvalue weighted by molar-refractivity contribution is 9.10. The molecule has 1 heterocycles. The Kier molecular flexibility index (Phi) is 6.22. The molecule has 2 rings (SSSR count). The van der Waals surface area contributed by atoms with E-state index < -0.39 is 0 Å². The van der Waals surface area contributed by atoms with Crippen LogP contribution in [0.5, 0.6) is 0 Å². The zero-order valence-electron chi connectivity index (χ0n) is 10.7. The number of halogens is 2. The maximum absolute atomic E-state index is 5.25. The van der Waals surface area contributed by atoms with Crippen LogP contribution in [0, 0.1) is 4.64 Å². The first-order valence-electron chi connectivity index (χ1n) is 5.75. The molecule has 106 valence electrons. The summed E-state index contributed by atoms with van der Waals surface area (Å²) in [6.07, 6.45) is 0. The molecule has 1 N–H and O–H groups in total. The van der Waals surface area contributed by atoms with Crippen molar-refractivity contribution < 1.29 is 4.74 Å². The first-order chi connectivity index (χ1) is 9.61. The molecule has 0 bridgehead atoms. The standard InChI is InChI=1S/C13H12Br2N2OS2/c1-18-6-9-12(15)13(19)17-11(16-9)7-20-10-5-3-2-4-8(10)14/h2-5H,6-7H2,1H3,(H,16,17,19). The molecule has 1 aromatic heterocycles. The number of hydrogen-bond donors (Lipinski definition) is 1. The Morgan fingerprint density at radius 2 is 2.10 bits per heavy atom. The van der Waals surface area contributed by atoms with Crippen molar-refractivity contribution in [1.82, 2.24) is 9.97 Å². The van der Waals surface area contributed by atoms with Crippen LogP contribution in [0.15, 0.2) is 38.1 Å². The van der Waals surface area contributed by atoms with Crippen molar-refractivity contribution in [2.45, 2.75) is 17.3 Å². The number of nitrogens with zero attached hydrogens (tertiary/aromatic N) is 1. The summed E-state index contributed by atoms with van der Waals surface area (Å²) in [6, 6.07) is 8.10. The number of benzene rings is 1. The van der Waals surface area contributed by atoms with Crippen molar-refractivity contribution in [3.05, 3.63) is 49.4 Å². The van der Waals surface area contributed by atoms with Crippen LogP contribution in [0.1, 0.15) is 11.5 Å². The van der Waals surface area contributed by atoms with Gasteiger partial charge in [-0.25, -0.2) is 4.98 Å². The van der Waals surface area contributed by atoms with Crippen LogP contribution in [0.25, 0.3) is 0 Å². The first-order valence-corrected chi connectivity index (χ1v) is 8.73. The van der Waals surface area contributed by atoms with Gasteiger partial charge in [-0.05, 0) is 44.0 Å². The zero-order valence-corrected chi connectivity index (χ0v) is 15.5. The van der Waals surface area contributed by atoms with Gasteiger partial charge in [0.1, 0.15) is 10.5 Å². The Balaban J connectivity index is 2.18. The average molecular weight is 436 g/mol. The van der Waals surface area contributed by atoms with E-state index in [0.717, 1.165) is 26.2 Å². The van der Waals surface area contributed by atoms with Gasteiger partial charge in [0.05, 0.1) is 22.5 Å². The largest absolute Gasteiger partial charge is 0.378 e. The molecule has 20 heavy (non-hydrogen) atoms. The third-order valence-electron chi connectivity index (χ3n) is 2.47. The highest BCUT2D eigenvalue weighted by Crippen LogP contribution is 2.29. The molecule has 3 nitrogen and oxygen atoms in total. The SMILES string of the molecule is COCc1[nH]c(CSc2ccccc2Br)nc(=S)c1Br. The minimum absolute atomic E-state index is 0.472. The van der Waals surface area contributed by atoms with Crippen LogP contribution in [-0.4, -0.2) is 17.1 Å². The Hall–Kier alpha value is -0.210. The van der Waals surface area contributed by atoms with Gasteiger partial charge in [0.15, 0.2) is 0 Å². The average Bonchev–Trinajstić information content (AvgIpc) is 2.43. The van der Waals surface area contributed by atoms with Gasteiger partial charge in [-0.1, -0.05) is 24.4 Å². The van der Waals surface area contributed by atoms with E-state index in [1.165, 1.54) is 4.90 Å². The molecule has 0 aliphatic heterocycles. The minimum atomic E-state index is 0.472. The maximum atomic E-state index is 5.25. The summed E-state index contributed by atoms with van der Waals surface area (Å²) in [5.41, 5.74) is 0.912. The number of aromatic amines is 1. The van der Waals surface area contributed by atoms with Crippen LogP contribution < -0.4 is 0 Å². The van der Waals surface area contributed by atoms with Crippen molar-refractivity contribution in [3.8, 4) is 0 Å². The molecule has 0 spiro atoms. The fourth-order valence-electron chi connectivity index (χ4n) is 1.58. The Morgan fingerprint density at radius 1 is 1.35 bits per heavy atom. The summed E-state index contributed by atoms with van der Waals surface area (Å²) in [5, 5.41) is 0. The summed E-state index contributed by atoms with van der Waals surface area (Å²) in [4.78, 5) is 8.81. The Morgan fingerprint density at radius 3 is 2.80 bits per heavy atom. The molecule has 0 aliphatic carbocycles. The van der Waals surface area contributed by atoms with Gasteiger partial charge in [-0.3, -0.25) is 0 Å². The smallest absolute Gasteiger partial charge is 0.144 e. The van der Waals surface area contributed by atoms with E-state index >= 15 is 0 Å². The molecule has 0 aliphatic rings. The van der Waals surface area contributed by atoms with E-state index in [1.807, 2.05) is 18.2 Å². The molecule has 0 saturated heterocycles. The molecule has 0 saturated carbocycles. The Bertz CT molecular complexity index is 661. The van der Waals surface area contributed by atoms with Crippen LogP contribution in [-0.2, 0) is 17.1 Å². The van der Waals surface area contributed by atoms with Gasteiger partial charge in [0.2, 0.25) is 0 Å². The van der Waals surface area contributed by atoms with Crippen LogP contribution in [0.3, 0.4) is 0 Å². The second-order valence-electron chi connectivity index (χ2n) is 3.93. The lowest BCUT2D eigenvalue weighted by Crippen LogP contribution is -2.02. The van der Waals surface area contributed by atoms with Crippen molar-refractivity contribution in [2.75, 3.05) is 7.11 Å². The third kappa shape index (κ3) is 4.14. The zero-order chi connectivity index (χ0) is 14.5. The summed E-state index contributed by atoms with van der Waals surface area (Å²) < 4.78 is 7.58. The van der Waals surface area contributed by atoms with Gasteiger partial charge in [0.25, 0.3) is 0 Å². The molecule has 0 atom stereocenters. The number of thioether (sulfide) groups is 1. The van der Waals surface area contributed by atoms with E-state index in [0.29, 0.717) is 11.2 Å². The van der Waals surface area contributed by atoms with Crippen molar-refractivity contribution in [3.63, 3.8) is 0 Å². The normalized spacial score (nSPS) is 10.8. The molecule has 0 fully saturated rings. The number of H-pyrrole nitrogens is 1. The molecular formula is C13H12Br2N2OS2. The van der Waals surface area contributed by atoms with E-state index in [4.69, 9.17) is 17.0 Å². The number of ether oxygens (including phenoxy) is 1. The molecule has 0 unspecified atom stereocenters. The van der Waals surface area contributed by atoms with Crippen LogP contribution >= 0.6 is 55.8 Å². The fourth-order valence-corrected chi connectivity index (χ4v) is 3.55. The van der Waals surface area contributed by atoms with E-state index in [1.54, 1.807) is 18.9 Å². The molecule has 7 heteroatoms. The predicted octanol–water partition coefficient (Wildman–Crippen LogP) is 5.10. The number of hydrogen-bond acceptors (Lipinski definition) is 4. The second kappa shape index (κ2) is 7.70. The predicted molar refractivity (Wildman–Crippen MR) is 91.5 cm³/mol. The fraction of sp³-hybridized carbons (Fsp3) is 0.231.